The Labute approximate surface area is 110 Å². The number of nitrogens with zero attached hydrogens (tertiary/aromatic N) is 4. The van der Waals surface area contributed by atoms with E-state index in [9.17, 15) is 4.79 Å². The molecule has 2 saturated heterocycles. The molecule has 4 heterocycles. The molecule has 0 bridgehead atoms. The fourth-order valence-electron chi connectivity index (χ4n) is 2.95. The van der Waals surface area contributed by atoms with Gasteiger partial charge in [-0.3, -0.25) is 9.78 Å². The van der Waals surface area contributed by atoms with Gasteiger partial charge in [0.05, 0.1) is 42.9 Å². The van der Waals surface area contributed by atoms with Crippen molar-refractivity contribution in [3.63, 3.8) is 0 Å². The Balaban J connectivity index is 1.68. The summed E-state index contributed by atoms with van der Waals surface area (Å²) in [6, 6.07) is 0.260. The van der Waals surface area contributed by atoms with Gasteiger partial charge in [-0.05, 0) is 6.42 Å². The summed E-state index contributed by atoms with van der Waals surface area (Å²) in [5.74, 6) is 0.236. The van der Waals surface area contributed by atoms with Crippen LogP contribution in [0.2, 0.25) is 0 Å². The maximum Gasteiger partial charge on any atom is 0.223 e. The quantitative estimate of drug-likeness (QED) is 0.759. The Morgan fingerprint density at radius 1 is 1.42 bits per heavy atom. The monoisotopic (exact) mass is 258 g/mol. The Morgan fingerprint density at radius 3 is 3.32 bits per heavy atom. The predicted octanol–water partition coefficient (Wildman–Crippen LogP) is 0.792. The lowest BCUT2D eigenvalue weighted by atomic mass is 10.1. The molecule has 0 spiro atoms. The number of imidazole rings is 1. The zero-order valence-corrected chi connectivity index (χ0v) is 10.4. The van der Waals surface area contributed by atoms with Crippen molar-refractivity contribution in [1.29, 1.82) is 0 Å². The summed E-state index contributed by atoms with van der Waals surface area (Å²) in [6.07, 6.45) is 8.53. The van der Waals surface area contributed by atoms with Crippen LogP contribution in [-0.2, 0) is 9.53 Å². The molecule has 2 aliphatic heterocycles. The molecule has 2 aromatic heterocycles. The first-order chi connectivity index (χ1) is 9.33. The van der Waals surface area contributed by atoms with E-state index in [0.29, 0.717) is 19.6 Å². The maximum atomic E-state index is 11.8. The Bertz CT molecular complexity index is 638. The number of fused-ring (bicyclic) bond motifs is 2. The highest BCUT2D eigenvalue weighted by atomic mass is 16.5. The van der Waals surface area contributed by atoms with Crippen molar-refractivity contribution in [2.24, 2.45) is 0 Å². The number of rotatable bonds is 1. The van der Waals surface area contributed by atoms with E-state index in [0.717, 1.165) is 17.6 Å². The molecule has 98 valence electrons. The summed E-state index contributed by atoms with van der Waals surface area (Å²) in [7, 11) is 0. The van der Waals surface area contributed by atoms with Crippen LogP contribution in [0.5, 0.6) is 0 Å². The Morgan fingerprint density at radius 2 is 2.37 bits per heavy atom. The molecule has 19 heavy (non-hydrogen) atoms. The van der Waals surface area contributed by atoms with E-state index in [1.165, 1.54) is 0 Å². The van der Waals surface area contributed by atoms with Crippen LogP contribution in [0.15, 0.2) is 24.9 Å². The topological polar surface area (TPSA) is 59.7 Å². The van der Waals surface area contributed by atoms with Crippen LogP contribution >= 0.6 is 0 Å². The second-order valence-corrected chi connectivity index (χ2v) is 5.06. The molecule has 0 aliphatic carbocycles. The molecule has 0 aromatic carbocycles. The summed E-state index contributed by atoms with van der Waals surface area (Å²) in [5, 5.41) is 0. The lowest BCUT2D eigenvalue weighted by molar-refractivity contribution is -0.137. The molecule has 6 heteroatoms. The fraction of sp³-hybridized carbons (Fsp3) is 0.462. The summed E-state index contributed by atoms with van der Waals surface area (Å²) >= 11 is 0. The van der Waals surface area contributed by atoms with Crippen LogP contribution < -0.4 is 0 Å². The molecule has 0 radical (unpaired) electrons. The number of hydrogen-bond acceptors (Lipinski definition) is 4. The first kappa shape index (κ1) is 10.9. The van der Waals surface area contributed by atoms with Crippen molar-refractivity contribution in [2.75, 3.05) is 13.2 Å². The van der Waals surface area contributed by atoms with Gasteiger partial charge in [-0.25, -0.2) is 4.98 Å². The Kier molecular flexibility index (Phi) is 2.32. The number of hydrogen-bond donors (Lipinski definition) is 0. The van der Waals surface area contributed by atoms with Gasteiger partial charge in [-0.2, -0.15) is 0 Å². The average Bonchev–Trinajstić information content (AvgIpc) is 3.03. The van der Waals surface area contributed by atoms with E-state index in [2.05, 4.69) is 9.97 Å². The highest BCUT2D eigenvalue weighted by molar-refractivity contribution is 5.79. The number of carbonyl (C=O) groups excluding carboxylic acids is 1. The fourth-order valence-corrected chi connectivity index (χ4v) is 2.95. The van der Waals surface area contributed by atoms with E-state index in [4.69, 9.17) is 4.74 Å². The van der Waals surface area contributed by atoms with Crippen LogP contribution in [0.3, 0.4) is 0 Å². The SMILES string of the molecule is O=C1CC[C@@H]2CO[C@@H](c3ncn4ccncc34)CN12. The van der Waals surface area contributed by atoms with Crippen LogP contribution in [0.1, 0.15) is 24.6 Å². The number of ether oxygens (including phenoxy) is 1. The third-order valence-corrected chi connectivity index (χ3v) is 3.98. The van der Waals surface area contributed by atoms with Crippen LogP contribution in [0.4, 0.5) is 0 Å². The number of morpholine rings is 1. The van der Waals surface area contributed by atoms with E-state index < -0.39 is 0 Å². The van der Waals surface area contributed by atoms with Gasteiger partial charge in [-0.1, -0.05) is 0 Å². The highest BCUT2D eigenvalue weighted by Crippen LogP contribution is 2.31. The Hall–Kier alpha value is -1.95. The van der Waals surface area contributed by atoms with Crippen molar-refractivity contribution < 1.29 is 9.53 Å². The average molecular weight is 258 g/mol. The molecule has 2 aromatic rings. The smallest absolute Gasteiger partial charge is 0.223 e. The minimum absolute atomic E-state index is 0.146. The minimum Gasteiger partial charge on any atom is -0.368 e. The third kappa shape index (κ3) is 1.63. The first-order valence-corrected chi connectivity index (χ1v) is 6.50. The van der Waals surface area contributed by atoms with Gasteiger partial charge in [-0.15, -0.1) is 0 Å². The number of aromatic nitrogens is 3. The summed E-state index contributed by atoms with van der Waals surface area (Å²) in [4.78, 5) is 22.3. The molecule has 0 N–H and O–H groups in total. The number of carbonyl (C=O) groups is 1. The molecule has 4 rings (SSSR count). The number of amides is 1. The summed E-state index contributed by atoms with van der Waals surface area (Å²) in [6.45, 7) is 1.21. The van der Waals surface area contributed by atoms with E-state index in [1.54, 1.807) is 18.7 Å². The standard InChI is InChI=1S/C13H14N4O2/c18-12-2-1-9-7-19-11(6-17(9)12)13-10-5-14-3-4-16(10)8-15-13/h3-5,8-9,11H,1-2,6-7H2/t9-,11-/m1/s1. The largest absolute Gasteiger partial charge is 0.368 e. The van der Waals surface area contributed by atoms with Gasteiger partial charge in [0, 0.05) is 18.8 Å². The van der Waals surface area contributed by atoms with Crippen molar-refractivity contribution in [1.82, 2.24) is 19.3 Å². The normalized spacial score (nSPS) is 26.9. The molecule has 0 unspecified atom stereocenters. The molecule has 2 aliphatic rings. The van der Waals surface area contributed by atoms with Crippen molar-refractivity contribution in [3.8, 4) is 0 Å². The van der Waals surface area contributed by atoms with Gasteiger partial charge in [0.15, 0.2) is 0 Å². The lowest BCUT2D eigenvalue weighted by Gasteiger charge is -2.34. The van der Waals surface area contributed by atoms with Gasteiger partial charge in [0.2, 0.25) is 5.91 Å². The second-order valence-electron chi connectivity index (χ2n) is 5.06. The molecule has 2 fully saturated rings. The van der Waals surface area contributed by atoms with E-state index >= 15 is 0 Å². The van der Waals surface area contributed by atoms with Crippen LogP contribution in [-0.4, -0.2) is 44.4 Å². The molecule has 2 atom stereocenters. The van der Waals surface area contributed by atoms with E-state index in [1.807, 2.05) is 15.5 Å². The van der Waals surface area contributed by atoms with Gasteiger partial charge < -0.3 is 14.0 Å². The molecular weight excluding hydrogens is 244 g/mol. The molecule has 6 nitrogen and oxygen atoms in total. The van der Waals surface area contributed by atoms with Crippen molar-refractivity contribution in [3.05, 3.63) is 30.6 Å². The zero-order chi connectivity index (χ0) is 12.8. The molecular formula is C13H14N4O2. The zero-order valence-electron chi connectivity index (χ0n) is 10.4. The lowest BCUT2D eigenvalue weighted by Crippen LogP contribution is -2.44. The van der Waals surface area contributed by atoms with E-state index in [-0.39, 0.29) is 18.1 Å². The first-order valence-electron chi connectivity index (χ1n) is 6.50. The third-order valence-electron chi connectivity index (χ3n) is 3.98. The minimum atomic E-state index is -0.146. The molecule has 1 amide bonds. The van der Waals surface area contributed by atoms with Crippen LogP contribution in [0.25, 0.3) is 5.52 Å². The van der Waals surface area contributed by atoms with Gasteiger partial charge in [0.1, 0.15) is 6.10 Å². The maximum absolute atomic E-state index is 11.8. The van der Waals surface area contributed by atoms with Crippen molar-refractivity contribution in [2.45, 2.75) is 25.0 Å². The highest BCUT2D eigenvalue weighted by Gasteiger charge is 2.38. The van der Waals surface area contributed by atoms with Crippen molar-refractivity contribution >= 4 is 11.4 Å². The van der Waals surface area contributed by atoms with Gasteiger partial charge >= 0.3 is 0 Å². The predicted molar refractivity (Wildman–Crippen MR) is 66.4 cm³/mol. The molecule has 0 saturated carbocycles. The summed E-state index contributed by atoms with van der Waals surface area (Å²) in [5.41, 5.74) is 1.81. The van der Waals surface area contributed by atoms with Gasteiger partial charge in [0.25, 0.3) is 0 Å². The second kappa shape index (κ2) is 4.03. The summed E-state index contributed by atoms with van der Waals surface area (Å²) < 4.78 is 7.82. The van der Waals surface area contributed by atoms with Crippen LogP contribution in [0, 0.1) is 0 Å².